The van der Waals surface area contributed by atoms with Gasteiger partial charge in [-0.25, -0.2) is 4.98 Å². The van der Waals surface area contributed by atoms with Crippen LogP contribution in [0.15, 0.2) is 24.3 Å². The van der Waals surface area contributed by atoms with Crippen LogP contribution in [0.25, 0.3) is 11.4 Å². The van der Waals surface area contributed by atoms with Crippen LogP contribution < -0.4 is 4.90 Å². The molecule has 1 aromatic carbocycles. The summed E-state index contributed by atoms with van der Waals surface area (Å²) in [5.41, 5.74) is 0.787. The molecule has 0 saturated carbocycles. The molecule has 0 unspecified atom stereocenters. The van der Waals surface area contributed by atoms with Crippen molar-refractivity contribution in [2.24, 2.45) is 0 Å². The van der Waals surface area contributed by atoms with Crippen molar-refractivity contribution in [2.45, 2.75) is 10.2 Å². The van der Waals surface area contributed by atoms with E-state index in [1.54, 1.807) is 12.1 Å². The summed E-state index contributed by atoms with van der Waals surface area (Å²) in [6.45, 7) is 3.60. The molecule has 2 heterocycles. The zero-order chi connectivity index (χ0) is 18.0. The summed E-state index contributed by atoms with van der Waals surface area (Å²) in [6, 6.07) is 7.21. The summed E-state index contributed by atoms with van der Waals surface area (Å²) >= 11 is 24.1. The summed E-state index contributed by atoms with van der Waals surface area (Å²) in [5, 5.41) is 0.634. The Balaban J connectivity index is 2.02. The van der Waals surface area contributed by atoms with Gasteiger partial charge >= 0.3 is 0 Å². The maximum absolute atomic E-state index is 6.04. The Bertz CT molecular complexity index is 732. The van der Waals surface area contributed by atoms with Gasteiger partial charge < -0.3 is 9.80 Å². The third kappa shape index (κ3) is 4.86. The predicted molar refractivity (Wildman–Crippen MR) is 104 cm³/mol. The third-order valence-corrected chi connectivity index (χ3v) is 4.74. The summed E-state index contributed by atoms with van der Waals surface area (Å²) in [5.74, 6) is 1.10. The van der Waals surface area contributed by atoms with Gasteiger partial charge in [-0.1, -0.05) is 46.4 Å². The molecule has 25 heavy (non-hydrogen) atoms. The lowest BCUT2D eigenvalue weighted by molar-refractivity contribution is 0.360. The standard InChI is InChI=1S/C16H17Cl4N5/c1-24-7-2-8-25(10-9-24)15-22-13(11-3-5-12(17)6-4-11)21-14(23-15)16(18,19)20/h3-6H,2,7-10H2,1H3. The lowest BCUT2D eigenvalue weighted by atomic mass is 10.2. The first-order valence-electron chi connectivity index (χ1n) is 7.85. The highest BCUT2D eigenvalue weighted by atomic mass is 35.6. The lowest BCUT2D eigenvalue weighted by Gasteiger charge is -2.22. The molecule has 0 spiro atoms. The molecule has 1 fully saturated rings. The minimum absolute atomic E-state index is 0.116. The highest BCUT2D eigenvalue weighted by molar-refractivity contribution is 6.66. The Kier molecular flexibility index (Phi) is 5.91. The highest BCUT2D eigenvalue weighted by Crippen LogP contribution is 2.37. The van der Waals surface area contributed by atoms with Gasteiger partial charge in [-0.15, -0.1) is 0 Å². The van der Waals surface area contributed by atoms with E-state index in [4.69, 9.17) is 46.4 Å². The van der Waals surface area contributed by atoms with Crippen molar-refractivity contribution in [1.82, 2.24) is 19.9 Å². The zero-order valence-electron chi connectivity index (χ0n) is 13.6. The summed E-state index contributed by atoms with van der Waals surface area (Å²) in [6.07, 6.45) is 1.02. The molecule has 0 bridgehead atoms. The second-order valence-corrected chi connectivity index (χ2v) is 8.65. The molecule has 0 amide bonds. The van der Waals surface area contributed by atoms with E-state index in [-0.39, 0.29) is 5.82 Å². The van der Waals surface area contributed by atoms with E-state index in [9.17, 15) is 0 Å². The van der Waals surface area contributed by atoms with Gasteiger partial charge in [0.15, 0.2) is 11.6 Å². The van der Waals surface area contributed by atoms with Crippen LogP contribution in [-0.4, -0.2) is 53.1 Å². The maximum Gasteiger partial charge on any atom is 0.250 e. The number of alkyl halides is 3. The first kappa shape index (κ1) is 18.9. The predicted octanol–water partition coefficient (Wildman–Crippen LogP) is 4.16. The molecule has 1 saturated heterocycles. The van der Waals surface area contributed by atoms with Gasteiger partial charge in [0.1, 0.15) is 0 Å². The largest absolute Gasteiger partial charge is 0.339 e. The second kappa shape index (κ2) is 7.80. The Morgan fingerprint density at radius 2 is 1.64 bits per heavy atom. The fraction of sp³-hybridized carbons (Fsp3) is 0.438. The number of rotatable bonds is 2. The first-order valence-corrected chi connectivity index (χ1v) is 9.37. The van der Waals surface area contributed by atoms with E-state index in [0.29, 0.717) is 16.8 Å². The number of hydrogen-bond donors (Lipinski definition) is 0. The highest BCUT2D eigenvalue weighted by Gasteiger charge is 2.29. The van der Waals surface area contributed by atoms with E-state index in [0.717, 1.165) is 38.2 Å². The van der Waals surface area contributed by atoms with Crippen molar-refractivity contribution in [2.75, 3.05) is 38.1 Å². The van der Waals surface area contributed by atoms with Crippen LogP contribution in [0.5, 0.6) is 0 Å². The van der Waals surface area contributed by atoms with Crippen molar-refractivity contribution in [1.29, 1.82) is 0 Å². The Morgan fingerprint density at radius 1 is 0.920 bits per heavy atom. The molecule has 1 aromatic heterocycles. The van der Waals surface area contributed by atoms with Gasteiger partial charge in [0, 0.05) is 30.2 Å². The number of anilines is 1. The molecule has 1 aliphatic rings. The minimum atomic E-state index is -1.72. The summed E-state index contributed by atoms with van der Waals surface area (Å²) < 4.78 is -1.72. The maximum atomic E-state index is 6.04. The number of aromatic nitrogens is 3. The molecule has 134 valence electrons. The van der Waals surface area contributed by atoms with Gasteiger partial charge in [0.25, 0.3) is 0 Å². The average Bonchev–Trinajstić information content (AvgIpc) is 2.79. The third-order valence-electron chi connectivity index (χ3n) is 3.98. The molecule has 0 radical (unpaired) electrons. The van der Waals surface area contributed by atoms with Crippen molar-refractivity contribution in [3.63, 3.8) is 0 Å². The van der Waals surface area contributed by atoms with Gasteiger partial charge in [-0.05, 0) is 44.3 Å². The van der Waals surface area contributed by atoms with Crippen molar-refractivity contribution < 1.29 is 0 Å². The van der Waals surface area contributed by atoms with Crippen molar-refractivity contribution >= 4 is 52.4 Å². The van der Waals surface area contributed by atoms with Crippen LogP contribution in [0.4, 0.5) is 5.95 Å². The Morgan fingerprint density at radius 3 is 2.32 bits per heavy atom. The van der Waals surface area contributed by atoms with E-state index >= 15 is 0 Å². The summed E-state index contributed by atoms with van der Waals surface area (Å²) in [7, 11) is 2.10. The smallest absolute Gasteiger partial charge is 0.250 e. The topological polar surface area (TPSA) is 45.2 Å². The van der Waals surface area contributed by atoms with E-state index < -0.39 is 3.79 Å². The SMILES string of the molecule is CN1CCCN(c2nc(-c3ccc(Cl)cc3)nc(C(Cl)(Cl)Cl)n2)CC1. The van der Waals surface area contributed by atoms with Gasteiger partial charge in [0.05, 0.1) is 0 Å². The molecule has 1 aliphatic heterocycles. The van der Waals surface area contributed by atoms with Crippen LogP contribution in [-0.2, 0) is 3.79 Å². The normalized spacial score (nSPS) is 16.8. The minimum Gasteiger partial charge on any atom is -0.339 e. The number of nitrogens with zero attached hydrogens (tertiary/aromatic N) is 5. The fourth-order valence-corrected chi connectivity index (χ4v) is 2.99. The van der Waals surface area contributed by atoms with Crippen LogP contribution in [0.2, 0.25) is 5.02 Å². The Labute approximate surface area is 166 Å². The quantitative estimate of drug-likeness (QED) is 0.682. The van der Waals surface area contributed by atoms with E-state index in [2.05, 4.69) is 31.8 Å². The van der Waals surface area contributed by atoms with Crippen molar-refractivity contribution in [3.8, 4) is 11.4 Å². The molecular formula is C16H17Cl4N5. The van der Waals surface area contributed by atoms with Crippen LogP contribution in [0.1, 0.15) is 12.2 Å². The first-order chi connectivity index (χ1) is 11.8. The molecule has 2 aromatic rings. The lowest BCUT2D eigenvalue weighted by Crippen LogP contribution is -2.31. The molecular weight excluding hydrogens is 404 g/mol. The number of hydrogen-bond acceptors (Lipinski definition) is 5. The fourth-order valence-electron chi connectivity index (χ4n) is 2.61. The van der Waals surface area contributed by atoms with Gasteiger partial charge in [-0.3, -0.25) is 0 Å². The summed E-state index contributed by atoms with van der Waals surface area (Å²) in [4.78, 5) is 17.7. The number of likely N-dealkylation sites (N-methyl/N-ethyl adjacent to an activating group) is 1. The molecule has 9 heteroatoms. The average molecular weight is 421 g/mol. The second-order valence-electron chi connectivity index (χ2n) is 5.93. The van der Waals surface area contributed by atoms with Crippen LogP contribution >= 0.6 is 46.4 Å². The molecule has 5 nitrogen and oxygen atoms in total. The molecule has 0 atom stereocenters. The monoisotopic (exact) mass is 419 g/mol. The number of halogens is 4. The van der Waals surface area contributed by atoms with Crippen LogP contribution in [0.3, 0.4) is 0 Å². The Hall–Kier alpha value is -0.850. The molecule has 3 rings (SSSR count). The molecule has 0 aliphatic carbocycles. The van der Waals surface area contributed by atoms with Crippen molar-refractivity contribution in [3.05, 3.63) is 35.1 Å². The number of benzene rings is 1. The van der Waals surface area contributed by atoms with Gasteiger partial charge in [-0.2, -0.15) is 9.97 Å². The van der Waals surface area contributed by atoms with Crippen LogP contribution in [0, 0.1) is 0 Å². The van der Waals surface area contributed by atoms with E-state index in [1.807, 2.05) is 12.1 Å². The van der Waals surface area contributed by atoms with Gasteiger partial charge in [0.2, 0.25) is 9.74 Å². The molecule has 0 N–H and O–H groups in total. The van der Waals surface area contributed by atoms with E-state index in [1.165, 1.54) is 0 Å². The zero-order valence-corrected chi connectivity index (χ0v) is 16.6.